The van der Waals surface area contributed by atoms with Gasteiger partial charge in [-0.15, -0.1) is 0 Å². The molecule has 1 aromatic rings. The molecule has 2 heterocycles. The Kier molecular flexibility index (Phi) is 5.56. The summed E-state index contributed by atoms with van der Waals surface area (Å²) in [5.41, 5.74) is 4.27. The van der Waals surface area contributed by atoms with Crippen LogP contribution in [0.15, 0.2) is 64.5 Å². The second-order valence-electron chi connectivity index (χ2n) is 8.19. The monoisotopic (exact) mass is 389 g/mol. The Morgan fingerprint density at radius 2 is 1.83 bits per heavy atom. The van der Waals surface area contributed by atoms with E-state index < -0.39 is 0 Å². The number of aromatic nitrogens is 1. The maximum Gasteiger partial charge on any atom is 0.274 e. The number of hydrogen-bond donors (Lipinski definition) is 0. The number of dihydropyridines is 1. The van der Waals surface area contributed by atoms with Crippen LogP contribution >= 0.6 is 0 Å². The first-order valence-corrected chi connectivity index (χ1v) is 10.4. The fourth-order valence-electron chi connectivity index (χ4n) is 4.45. The molecule has 2 amide bonds. The fraction of sp³-hybridized carbons (Fsp3) is 0.417. The van der Waals surface area contributed by atoms with E-state index in [1.54, 1.807) is 24.5 Å². The van der Waals surface area contributed by atoms with Gasteiger partial charge in [0.2, 0.25) is 0 Å². The number of carbonyl (C=O) groups is 2. The first-order chi connectivity index (χ1) is 14.0. The lowest BCUT2D eigenvalue weighted by Gasteiger charge is -2.35. The molecule has 0 spiro atoms. The van der Waals surface area contributed by atoms with Gasteiger partial charge in [0.15, 0.2) is 0 Å². The van der Waals surface area contributed by atoms with Crippen LogP contribution in [0.2, 0.25) is 0 Å². The number of carbonyl (C=O) groups excluding carboxylic acids is 2. The molecule has 1 atom stereocenters. The quantitative estimate of drug-likeness (QED) is 0.772. The van der Waals surface area contributed by atoms with E-state index in [4.69, 9.17) is 0 Å². The van der Waals surface area contributed by atoms with Gasteiger partial charge in [-0.3, -0.25) is 14.6 Å². The van der Waals surface area contributed by atoms with E-state index in [-0.39, 0.29) is 23.8 Å². The van der Waals surface area contributed by atoms with Crippen LogP contribution in [0, 0.1) is 5.92 Å². The lowest BCUT2D eigenvalue weighted by molar-refractivity contribution is -0.114. The third-order valence-electron chi connectivity index (χ3n) is 6.19. The normalized spacial score (nSPS) is 22.1. The van der Waals surface area contributed by atoms with Gasteiger partial charge in [0, 0.05) is 35.5 Å². The van der Waals surface area contributed by atoms with E-state index in [1.165, 1.54) is 12.0 Å². The Labute approximate surface area is 171 Å². The minimum absolute atomic E-state index is 0.0249. The number of allylic oxidation sites excluding steroid dienone is 5. The van der Waals surface area contributed by atoms with Crippen LogP contribution in [-0.4, -0.2) is 40.0 Å². The highest BCUT2D eigenvalue weighted by molar-refractivity contribution is 6.16. The molecule has 0 N–H and O–H groups in total. The second kappa shape index (κ2) is 8.27. The topological polar surface area (TPSA) is 62.6 Å². The van der Waals surface area contributed by atoms with Crippen LogP contribution in [0.4, 0.5) is 0 Å². The molecule has 0 saturated heterocycles. The van der Waals surface area contributed by atoms with Crippen LogP contribution < -0.4 is 0 Å². The molecule has 1 aliphatic heterocycles. The number of aliphatic imine (C=N–C) groups is 1. The number of hydrogen-bond acceptors (Lipinski definition) is 3. The highest BCUT2D eigenvalue weighted by Gasteiger charge is 2.32. The molecular weight excluding hydrogens is 362 g/mol. The molecule has 0 bridgehead atoms. The second-order valence-corrected chi connectivity index (χ2v) is 8.19. The maximum absolute atomic E-state index is 13.3. The Balaban J connectivity index is 1.63. The molecule has 29 heavy (non-hydrogen) atoms. The molecule has 1 fully saturated rings. The smallest absolute Gasteiger partial charge is 0.274 e. The van der Waals surface area contributed by atoms with Crippen LogP contribution in [0.5, 0.6) is 0 Å². The highest BCUT2D eigenvalue weighted by Crippen LogP contribution is 2.31. The Bertz CT molecular complexity index is 934. The largest absolute Gasteiger partial charge is 0.331 e. The third kappa shape index (κ3) is 4.00. The molecule has 1 unspecified atom stereocenters. The van der Waals surface area contributed by atoms with E-state index >= 15 is 0 Å². The first-order valence-electron chi connectivity index (χ1n) is 10.4. The van der Waals surface area contributed by atoms with Crippen LogP contribution in [0.25, 0.3) is 0 Å². The standard InChI is InChI=1S/C24H27N3O2/c1-16-8-9-17(2)22-21(16)14-19(23(28)26-22)15-27(20-6-4-3-5-7-20)24(29)18-10-12-25-13-11-18/h8-14,20-21H,3-7,15H2,1-2H3. The summed E-state index contributed by atoms with van der Waals surface area (Å²) >= 11 is 0. The predicted molar refractivity (Wildman–Crippen MR) is 114 cm³/mol. The zero-order valence-corrected chi connectivity index (χ0v) is 17.1. The SMILES string of the molecule is CC1=CC=C(C)C2C=C(CN(C(=O)c3ccncc3)C3CCCCC3)C(=O)N=C12. The van der Waals surface area contributed by atoms with Gasteiger partial charge in [0.25, 0.3) is 11.8 Å². The van der Waals surface area contributed by atoms with Crippen LogP contribution in [-0.2, 0) is 4.79 Å². The summed E-state index contributed by atoms with van der Waals surface area (Å²) in [4.78, 5) is 36.5. The third-order valence-corrected chi connectivity index (χ3v) is 6.19. The molecule has 150 valence electrons. The number of pyridine rings is 1. The molecular formula is C24H27N3O2. The Morgan fingerprint density at radius 1 is 1.10 bits per heavy atom. The molecule has 5 nitrogen and oxygen atoms in total. The molecule has 4 rings (SSSR count). The van der Waals surface area contributed by atoms with Crippen molar-refractivity contribution >= 4 is 17.5 Å². The zero-order valence-electron chi connectivity index (χ0n) is 17.1. The Hall–Kier alpha value is -2.82. The molecule has 1 aromatic heterocycles. The lowest BCUT2D eigenvalue weighted by atomic mass is 9.83. The van der Waals surface area contributed by atoms with Crippen LogP contribution in [0.1, 0.15) is 56.3 Å². The molecule has 2 aliphatic carbocycles. The molecule has 5 heteroatoms. The molecule has 1 saturated carbocycles. The number of fused-ring (bicyclic) bond motifs is 1. The summed E-state index contributed by atoms with van der Waals surface area (Å²) < 4.78 is 0. The van der Waals surface area contributed by atoms with Gasteiger partial charge in [-0.25, -0.2) is 4.99 Å². The van der Waals surface area contributed by atoms with E-state index in [0.29, 0.717) is 17.7 Å². The minimum Gasteiger partial charge on any atom is -0.331 e. The average Bonchev–Trinajstić information content (AvgIpc) is 2.76. The van der Waals surface area contributed by atoms with Crippen LogP contribution in [0.3, 0.4) is 0 Å². The van der Waals surface area contributed by atoms with Gasteiger partial charge in [-0.05, 0) is 44.4 Å². The predicted octanol–water partition coefficient (Wildman–Crippen LogP) is 4.29. The van der Waals surface area contributed by atoms with Gasteiger partial charge in [0.05, 0.1) is 12.3 Å². The van der Waals surface area contributed by atoms with E-state index in [9.17, 15) is 9.59 Å². The van der Waals surface area contributed by atoms with Crippen molar-refractivity contribution in [3.05, 3.63) is 65.0 Å². The summed E-state index contributed by atoms with van der Waals surface area (Å²) in [5.74, 6) is -0.228. The average molecular weight is 389 g/mol. The number of amides is 2. The molecule has 3 aliphatic rings. The zero-order chi connectivity index (χ0) is 20.4. The van der Waals surface area contributed by atoms with Gasteiger partial charge in [-0.2, -0.15) is 0 Å². The number of nitrogens with zero attached hydrogens (tertiary/aromatic N) is 3. The maximum atomic E-state index is 13.3. The van der Waals surface area contributed by atoms with Crippen molar-refractivity contribution in [3.8, 4) is 0 Å². The summed E-state index contributed by atoms with van der Waals surface area (Å²) in [6.07, 6.45) is 14.8. The molecule has 0 radical (unpaired) electrons. The van der Waals surface area contributed by atoms with Crippen molar-refractivity contribution < 1.29 is 9.59 Å². The summed E-state index contributed by atoms with van der Waals surface area (Å²) in [5, 5.41) is 0. The van der Waals surface area contributed by atoms with E-state index in [0.717, 1.165) is 37.0 Å². The van der Waals surface area contributed by atoms with Crippen molar-refractivity contribution in [1.29, 1.82) is 0 Å². The van der Waals surface area contributed by atoms with Crippen molar-refractivity contribution in [2.24, 2.45) is 10.9 Å². The summed E-state index contributed by atoms with van der Waals surface area (Å²) in [6, 6.07) is 3.65. The fourth-order valence-corrected chi connectivity index (χ4v) is 4.45. The van der Waals surface area contributed by atoms with Gasteiger partial charge in [-0.1, -0.05) is 43.1 Å². The van der Waals surface area contributed by atoms with Crippen molar-refractivity contribution in [2.45, 2.75) is 52.0 Å². The minimum atomic E-state index is -0.220. The van der Waals surface area contributed by atoms with Crippen molar-refractivity contribution in [1.82, 2.24) is 9.88 Å². The summed E-state index contributed by atoms with van der Waals surface area (Å²) in [6.45, 7) is 4.37. The van der Waals surface area contributed by atoms with Gasteiger partial charge in [0.1, 0.15) is 0 Å². The van der Waals surface area contributed by atoms with Crippen molar-refractivity contribution in [3.63, 3.8) is 0 Å². The number of rotatable bonds is 4. The summed E-state index contributed by atoms with van der Waals surface area (Å²) in [7, 11) is 0. The lowest BCUT2D eigenvalue weighted by Crippen LogP contribution is -2.44. The van der Waals surface area contributed by atoms with Gasteiger partial charge >= 0.3 is 0 Å². The van der Waals surface area contributed by atoms with Crippen molar-refractivity contribution in [2.75, 3.05) is 6.54 Å². The van der Waals surface area contributed by atoms with Gasteiger partial charge < -0.3 is 4.90 Å². The van der Waals surface area contributed by atoms with E-state index in [1.807, 2.05) is 24.0 Å². The highest BCUT2D eigenvalue weighted by atomic mass is 16.2. The first kappa shape index (κ1) is 19.5. The van der Waals surface area contributed by atoms with E-state index in [2.05, 4.69) is 23.0 Å². The molecule has 0 aromatic carbocycles. The Morgan fingerprint density at radius 3 is 2.55 bits per heavy atom.